The fourth-order valence-electron chi connectivity index (χ4n) is 3.18. The second-order valence-electron chi connectivity index (χ2n) is 5.82. The van der Waals surface area contributed by atoms with Crippen molar-refractivity contribution in [2.24, 2.45) is 7.05 Å². The lowest BCUT2D eigenvalue weighted by Gasteiger charge is -2.15. The smallest absolute Gasteiger partial charge is 0.185 e. The van der Waals surface area contributed by atoms with Gasteiger partial charge in [0.05, 0.1) is 19.4 Å². The second kappa shape index (κ2) is 5.40. The van der Waals surface area contributed by atoms with Crippen LogP contribution in [0.5, 0.6) is 0 Å². The maximum absolute atomic E-state index is 3.34. The van der Waals surface area contributed by atoms with Crippen LogP contribution in [0.2, 0.25) is 0 Å². The van der Waals surface area contributed by atoms with Gasteiger partial charge in [-0.1, -0.05) is 66.7 Å². The molecule has 1 aromatic heterocycles. The SMILES string of the molecule is Cc1c(-c2n(C)c[c-][n+]2-c2ccccc2)ccc2ccccc12. The van der Waals surface area contributed by atoms with Crippen molar-refractivity contribution in [2.75, 3.05) is 0 Å². The lowest BCUT2D eigenvalue weighted by Crippen LogP contribution is -2.32. The van der Waals surface area contributed by atoms with Gasteiger partial charge in [0.25, 0.3) is 0 Å². The van der Waals surface area contributed by atoms with Gasteiger partial charge in [-0.15, -0.1) is 0 Å². The molecule has 0 amide bonds. The number of nitrogens with zero attached hydrogens (tertiary/aromatic N) is 2. The molecule has 0 unspecified atom stereocenters. The molecule has 0 saturated carbocycles. The Morgan fingerprint density at radius 3 is 2.43 bits per heavy atom. The molecule has 2 nitrogen and oxygen atoms in total. The fourth-order valence-corrected chi connectivity index (χ4v) is 3.18. The van der Waals surface area contributed by atoms with E-state index in [4.69, 9.17) is 0 Å². The number of benzene rings is 3. The molecule has 0 aliphatic rings. The third-order valence-electron chi connectivity index (χ3n) is 4.38. The standard InChI is InChI=1S/C21H18N2/c1-16-19-11-7-6-8-17(19)12-13-20(16)21-22(2)14-15-23(21)18-9-4-3-5-10-18/h3-14H,1-2H3. The molecule has 1 heterocycles. The number of rotatable bonds is 2. The third kappa shape index (κ3) is 2.23. The van der Waals surface area contributed by atoms with E-state index in [1.165, 1.54) is 21.9 Å². The van der Waals surface area contributed by atoms with Crippen molar-refractivity contribution in [3.05, 3.63) is 84.7 Å². The van der Waals surface area contributed by atoms with Crippen LogP contribution in [0.1, 0.15) is 5.56 Å². The lowest BCUT2D eigenvalue weighted by atomic mass is 9.99. The zero-order chi connectivity index (χ0) is 15.8. The summed E-state index contributed by atoms with van der Waals surface area (Å²) in [5, 5.41) is 2.57. The van der Waals surface area contributed by atoms with Crippen LogP contribution >= 0.6 is 0 Å². The van der Waals surface area contributed by atoms with Gasteiger partial charge in [0.15, 0.2) is 5.82 Å². The van der Waals surface area contributed by atoms with E-state index < -0.39 is 0 Å². The van der Waals surface area contributed by atoms with Crippen molar-refractivity contribution in [3.8, 4) is 17.1 Å². The van der Waals surface area contributed by atoms with Crippen molar-refractivity contribution in [2.45, 2.75) is 6.92 Å². The Bertz CT molecular complexity index is 981. The summed E-state index contributed by atoms with van der Waals surface area (Å²) in [4.78, 5) is 0. The molecular formula is C21H18N2. The van der Waals surface area contributed by atoms with E-state index in [0.29, 0.717) is 0 Å². The molecular weight excluding hydrogens is 280 g/mol. The van der Waals surface area contributed by atoms with Gasteiger partial charge in [0.1, 0.15) is 0 Å². The van der Waals surface area contributed by atoms with Gasteiger partial charge >= 0.3 is 0 Å². The van der Waals surface area contributed by atoms with Crippen molar-refractivity contribution in [1.82, 2.24) is 4.57 Å². The van der Waals surface area contributed by atoms with Gasteiger partial charge in [-0.3, -0.25) is 4.57 Å². The van der Waals surface area contributed by atoms with Crippen molar-refractivity contribution in [1.29, 1.82) is 0 Å². The minimum atomic E-state index is 1.12. The first kappa shape index (κ1) is 13.8. The second-order valence-corrected chi connectivity index (χ2v) is 5.82. The van der Waals surface area contributed by atoms with Crippen LogP contribution in [0.25, 0.3) is 27.8 Å². The molecule has 0 aliphatic carbocycles. The highest BCUT2D eigenvalue weighted by Crippen LogP contribution is 2.28. The lowest BCUT2D eigenvalue weighted by molar-refractivity contribution is -0.587. The topological polar surface area (TPSA) is 8.81 Å². The van der Waals surface area contributed by atoms with Gasteiger partial charge in [-0.2, -0.15) is 0 Å². The van der Waals surface area contributed by atoms with Crippen molar-refractivity contribution < 1.29 is 4.57 Å². The Hall–Kier alpha value is -2.87. The number of para-hydroxylation sites is 1. The largest absolute Gasteiger partial charge is 0.356 e. The summed E-state index contributed by atoms with van der Waals surface area (Å²) in [6.45, 7) is 2.19. The molecule has 23 heavy (non-hydrogen) atoms. The van der Waals surface area contributed by atoms with Crippen molar-refractivity contribution >= 4 is 10.8 Å². The monoisotopic (exact) mass is 298 g/mol. The summed E-state index contributed by atoms with van der Waals surface area (Å²) in [5.74, 6) is 1.14. The van der Waals surface area contributed by atoms with Crippen LogP contribution in [0.15, 0.2) is 72.9 Å². The van der Waals surface area contributed by atoms with E-state index in [2.05, 4.69) is 90.0 Å². The molecule has 4 aromatic rings. The molecule has 0 N–H and O–H groups in total. The Morgan fingerprint density at radius 2 is 1.61 bits per heavy atom. The molecule has 0 fully saturated rings. The summed E-state index contributed by atoms with van der Waals surface area (Å²) in [5.41, 5.74) is 3.65. The van der Waals surface area contributed by atoms with Gasteiger partial charge in [0.2, 0.25) is 0 Å². The molecule has 0 bridgehead atoms. The first-order chi connectivity index (χ1) is 11.3. The molecule has 0 spiro atoms. The Balaban J connectivity index is 1.99. The maximum atomic E-state index is 3.34. The molecule has 0 saturated heterocycles. The van der Waals surface area contributed by atoms with Gasteiger partial charge < -0.3 is 4.57 Å². The summed E-state index contributed by atoms with van der Waals surface area (Å²) >= 11 is 0. The van der Waals surface area contributed by atoms with E-state index in [-0.39, 0.29) is 0 Å². The number of hydrogen-bond donors (Lipinski definition) is 0. The predicted molar refractivity (Wildman–Crippen MR) is 93.5 cm³/mol. The first-order valence-electron chi connectivity index (χ1n) is 7.79. The van der Waals surface area contributed by atoms with Crippen LogP contribution in [-0.4, -0.2) is 4.57 Å². The highest BCUT2D eigenvalue weighted by Gasteiger charge is 2.14. The van der Waals surface area contributed by atoms with Crippen LogP contribution in [0.3, 0.4) is 0 Å². The minimum Gasteiger partial charge on any atom is -0.356 e. The maximum Gasteiger partial charge on any atom is 0.185 e. The normalized spacial score (nSPS) is 11.0. The van der Waals surface area contributed by atoms with Crippen LogP contribution in [-0.2, 0) is 7.05 Å². The zero-order valence-corrected chi connectivity index (χ0v) is 13.3. The average Bonchev–Trinajstić information content (AvgIpc) is 2.98. The molecule has 0 atom stereocenters. The zero-order valence-electron chi connectivity index (χ0n) is 13.3. The molecule has 4 rings (SSSR count). The highest BCUT2D eigenvalue weighted by atomic mass is 15.1. The van der Waals surface area contributed by atoms with Crippen molar-refractivity contribution in [3.63, 3.8) is 0 Å². The van der Waals surface area contributed by atoms with E-state index in [9.17, 15) is 0 Å². The summed E-state index contributed by atoms with van der Waals surface area (Å²) in [6, 6.07) is 23.3. The van der Waals surface area contributed by atoms with E-state index >= 15 is 0 Å². The van der Waals surface area contributed by atoms with Gasteiger partial charge in [0, 0.05) is 11.3 Å². The quantitative estimate of drug-likeness (QED) is 0.387. The highest BCUT2D eigenvalue weighted by molar-refractivity contribution is 5.90. The van der Waals surface area contributed by atoms with Crippen LogP contribution in [0, 0.1) is 13.1 Å². The van der Waals surface area contributed by atoms with Gasteiger partial charge in [-0.25, -0.2) is 0 Å². The molecule has 2 heteroatoms. The summed E-state index contributed by atoms with van der Waals surface area (Å²) in [6.07, 6.45) is 5.33. The van der Waals surface area contributed by atoms with Crippen LogP contribution in [0.4, 0.5) is 0 Å². The Labute approximate surface area is 136 Å². The molecule has 0 radical (unpaired) electrons. The van der Waals surface area contributed by atoms with E-state index in [1.54, 1.807) is 0 Å². The van der Waals surface area contributed by atoms with Crippen LogP contribution < -0.4 is 4.57 Å². The molecule has 3 aromatic carbocycles. The summed E-state index contributed by atoms with van der Waals surface area (Å²) in [7, 11) is 2.07. The van der Waals surface area contributed by atoms with Gasteiger partial charge in [-0.05, 0) is 23.3 Å². The minimum absolute atomic E-state index is 1.12. The first-order valence-corrected chi connectivity index (χ1v) is 7.79. The fraction of sp³-hybridized carbons (Fsp3) is 0.0952. The van der Waals surface area contributed by atoms with E-state index in [0.717, 1.165) is 11.5 Å². The Kier molecular flexibility index (Phi) is 3.23. The molecule has 112 valence electrons. The Morgan fingerprint density at radius 1 is 0.870 bits per heavy atom. The number of imidazole rings is 1. The predicted octanol–water partition coefficient (Wildman–Crippen LogP) is 4.23. The third-order valence-corrected chi connectivity index (χ3v) is 4.38. The summed E-state index contributed by atoms with van der Waals surface area (Å²) < 4.78 is 4.25. The number of aryl methyl sites for hydroxylation is 2. The average molecular weight is 298 g/mol. The number of fused-ring (bicyclic) bond motifs is 1. The number of hydrogen-bond acceptors (Lipinski definition) is 0. The number of aromatic nitrogens is 2. The van der Waals surface area contributed by atoms with E-state index in [1.807, 2.05) is 12.3 Å². The molecule has 0 aliphatic heterocycles.